The van der Waals surface area contributed by atoms with Gasteiger partial charge in [-0.3, -0.25) is 14.9 Å². The second kappa shape index (κ2) is 6.55. The fraction of sp³-hybridized carbons (Fsp3) is 0.0625. The zero-order valence-corrected chi connectivity index (χ0v) is 13.4. The normalized spacial score (nSPS) is 11.7. The lowest BCUT2D eigenvalue weighted by Crippen LogP contribution is -2.19. The Bertz CT molecular complexity index is 1030. The second-order valence-electron chi connectivity index (χ2n) is 4.85. The first-order valence-corrected chi connectivity index (χ1v) is 7.87. The molecule has 24 heavy (non-hydrogen) atoms. The molecule has 0 radical (unpaired) electrons. The van der Waals surface area contributed by atoms with Gasteiger partial charge in [0.2, 0.25) is 0 Å². The number of fused-ring (bicyclic) bond motifs is 1. The van der Waals surface area contributed by atoms with Crippen molar-refractivity contribution in [1.82, 2.24) is 9.66 Å². The maximum atomic E-state index is 12.3. The van der Waals surface area contributed by atoms with E-state index < -0.39 is 4.92 Å². The maximum absolute atomic E-state index is 12.3. The number of nitro groups is 1. The van der Waals surface area contributed by atoms with E-state index in [2.05, 4.69) is 10.1 Å². The van der Waals surface area contributed by atoms with Crippen LogP contribution < -0.4 is 5.56 Å². The van der Waals surface area contributed by atoms with Crippen molar-refractivity contribution in [2.45, 2.75) is 6.92 Å². The van der Waals surface area contributed by atoms with Crippen molar-refractivity contribution in [1.29, 1.82) is 0 Å². The first kappa shape index (κ1) is 15.8. The second-order valence-corrected chi connectivity index (χ2v) is 5.75. The van der Waals surface area contributed by atoms with Gasteiger partial charge >= 0.3 is 0 Å². The van der Waals surface area contributed by atoms with Crippen LogP contribution in [0.1, 0.15) is 11.4 Å². The van der Waals surface area contributed by atoms with E-state index in [9.17, 15) is 14.9 Å². The topological polar surface area (TPSA) is 90.4 Å². The highest BCUT2D eigenvalue weighted by molar-refractivity contribution is 7.16. The van der Waals surface area contributed by atoms with Gasteiger partial charge in [0, 0.05) is 12.3 Å². The third-order valence-corrected chi connectivity index (χ3v) is 4.12. The van der Waals surface area contributed by atoms with Crippen LogP contribution in [0.25, 0.3) is 16.3 Å². The van der Waals surface area contributed by atoms with E-state index in [0.29, 0.717) is 21.6 Å². The lowest BCUT2D eigenvalue weighted by molar-refractivity contribution is -0.385. The molecule has 3 rings (SSSR count). The Balaban J connectivity index is 1.90. The van der Waals surface area contributed by atoms with Crippen molar-refractivity contribution in [3.8, 4) is 0 Å². The van der Waals surface area contributed by atoms with Gasteiger partial charge in [0.15, 0.2) is 0 Å². The Kier molecular flexibility index (Phi) is 4.30. The van der Waals surface area contributed by atoms with Gasteiger partial charge in [0.25, 0.3) is 11.2 Å². The largest absolute Gasteiger partial charge is 0.282 e. The molecule has 0 N–H and O–H groups in total. The van der Waals surface area contributed by atoms with E-state index >= 15 is 0 Å². The molecule has 8 heteroatoms. The maximum Gasteiger partial charge on any atom is 0.282 e. The van der Waals surface area contributed by atoms with Gasteiger partial charge in [-0.15, -0.1) is 11.3 Å². The summed E-state index contributed by atoms with van der Waals surface area (Å²) in [4.78, 5) is 27.8. The highest BCUT2D eigenvalue weighted by Crippen LogP contribution is 2.18. The van der Waals surface area contributed by atoms with E-state index in [1.54, 1.807) is 48.7 Å². The summed E-state index contributed by atoms with van der Waals surface area (Å²) in [5.74, 6) is 0.477. The number of hydrogen-bond acceptors (Lipinski definition) is 6. The van der Waals surface area contributed by atoms with Crippen molar-refractivity contribution < 1.29 is 4.92 Å². The number of nitro benzene ring substituents is 1. The van der Waals surface area contributed by atoms with Gasteiger partial charge in [0.05, 0.1) is 15.9 Å². The van der Waals surface area contributed by atoms with Crippen LogP contribution in [0.2, 0.25) is 0 Å². The number of allylic oxidation sites excluding steroid dienone is 1. The number of hydrogen-bond donors (Lipinski definition) is 0. The number of aryl methyl sites for hydroxylation is 1. The first-order chi connectivity index (χ1) is 11.6. The number of aromatic nitrogens is 2. The molecular weight excluding hydrogens is 328 g/mol. The minimum Gasteiger partial charge on any atom is -0.267 e. The van der Waals surface area contributed by atoms with Crippen LogP contribution in [0, 0.1) is 17.0 Å². The first-order valence-electron chi connectivity index (χ1n) is 6.99. The van der Waals surface area contributed by atoms with Crippen molar-refractivity contribution in [3.63, 3.8) is 0 Å². The Morgan fingerprint density at radius 1 is 1.33 bits per heavy atom. The summed E-state index contributed by atoms with van der Waals surface area (Å²) in [6.45, 7) is 1.70. The van der Waals surface area contributed by atoms with E-state index in [0.717, 1.165) is 0 Å². The summed E-state index contributed by atoms with van der Waals surface area (Å²) >= 11 is 1.40. The molecule has 0 bridgehead atoms. The average molecular weight is 340 g/mol. The molecule has 1 aromatic carbocycles. The van der Waals surface area contributed by atoms with Crippen molar-refractivity contribution in [2.75, 3.05) is 0 Å². The number of rotatable bonds is 4. The Morgan fingerprint density at radius 3 is 2.92 bits per heavy atom. The molecule has 0 unspecified atom stereocenters. The summed E-state index contributed by atoms with van der Waals surface area (Å²) in [6, 6.07) is 8.10. The quantitative estimate of drug-likeness (QED) is 0.414. The Labute approximate surface area is 140 Å². The summed E-state index contributed by atoms with van der Waals surface area (Å²) in [6.07, 6.45) is 4.52. The summed E-state index contributed by atoms with van der Waals surface area (Å²) in [7, 11) is 0. The molecule has 3 aromatic rings. The molecule has 0 aliphatic rings. The molecule has 0 atom stereocenters. The number of nitrogens with zero attached hydrogens (tertiary/aromatic N) is 4. The third-order valence-electron chi connectivity index (χ3n) is 3.31. The van der Waals surface area contributed by atoms with Crippen molar-refractivity contribution in [3.05, 3.63) is 73.6 Å². The molecule has 0 aliphatic heterocycles. The minimum atomic E-state index is -0.445. The molecule has 0 spiro atoms. The van der Waals surface area contributed by atoms with Gasteiger partial charge in [-0.05, 0) is 36.6 Å². The number of benzene rings is 1. The Hall–Kier alpha value is -3.13. The van der Waals surface area contributed by atoms with Gasteiger partial charge in [-0.2, -0.15) is 9.78 Å². The summed E-state index contributed by atoms with van der Waals surface area (Å²) in [5.41, 5.74) is 0.232. The van der Waals surface area contributed by atoms with E-state index in [-0.39, 0.29) is 11.2 Å². The smallest absolute Gasteiger partial charge is 0.267 e. The molecule has 0 saturated heterocycles. The Morgan fingerprint density at radius 2 is 2.12 bits per heavy atom. The standard InChI is InChI=1S/C16H12N4O3S/c1-11-18-15-13(8-10-24-15)16(21)19(11)17-9-4-6-12-5-2-3-7-14(12)20(22)23/h2-10H,1H3/b6-4+,17-9-. The predicted molar refractivity (Wildman–Crippen MR) is 94.6 cm³/mol. The van der Waals surface area contributed by atoms with Crippen LogP contribution >= 0.6 is 11.3 Å². The molecule has 0 aliphatic carbocycles. The minimum absolute atomic E-state index is 0.0110. The van der Waals surface area contributed by atoms with E-state index in [1.807, 2.05) is 0 Å². The highest BCUT2D eigenvalue weighted by atomic mass is 32.1. The van der Waals surface area contributed by atoms with Crippen LogP contribution in [0.5, 0.6) is 0 Å². The molecule has 2 aromatic heterocycles. The van der Waals surface area contributed by atoms with Gasteiger partial charge in [-0.1, -0.05) is 12.1 Å². The fourth-order valence-electron chi connectivity index (χ4n) is 2.19. The molecule has 120 valence electrons. The van der Waals surface area contributed by atoms with Crippen molar-refractivity contribution in [2.24, 2.45) is 5.10 Å². The highest BCUT2D eigenvalue weighted by Gasteiger charge is 2.09. The lowest BCUT2D eigenvalue weighted by atomic mass is 10.2. The van der Waals surface area contributed by atoms with Crippen LogP contribution in [-0.2, 0) is 0 Å². The van der Waals surface area contributed by atoms with Crippen LogP contribution in [0.4, 0.5) is 5.69 Å². The number of para-hydroxylation sites is 1. The van der Waals surface area contributed by atoms with Crippen LogP contribution in [0.3, 0.4) is 0 Å². The third kappa shape index (κ3) is 2.99. The van der Waals surface area contributed by atoms with E-state index in [4.69, 9.17) is 0 Å². The molecule has 0 saturated carbocycles. The van der Waals surface area contributed by atoms with Crippen LogP contribution in [0.15, 0.2) is 51.7 Å². The van der Waals surface area contributed by atoms with Crippen molar-refractivity contribution >= 4 is 39.5 Å². The molecular formula is C16H12N4O3S. The SMILES string of the molecule is Cc1nc2sccc2c(=O)n1/N=C\C=C\c1ccccc1[N+](=O)[O-]. The van der Waals surface area contributed by atoms with Gasteiger partial charge < -0.3 is 0 Å². The average Bonchev–Trinajstić information content (AvgIpc) is 3.02. The molecule has 7 nitrogen and oxygen atoms in total. The van der Waals surface area contributed by atoms with E-state index in [1.165, 1.54) is 28.3 Å². The summed E-state index contributed by atoms with van der Waals surface area (Å²) in [5, 5.41) is 17.4. The van der Waals surface area contributed by atoms with Crippen LogP contribution in [-0.4, -0.2) is 20.8 Å². The molecule has 2 heterocycles. The van der Waals surface area contributed by atoms with Gasteiger partial charge in [-0.25, -0.2) is 4.98 Å². The lowest BCUT2D eigenvalue weighted by Gasteiger charge is -2.01. The fourth-order valence-corrected chi connectivity index (χ4v) is 2.99. The molecule has 0 amide bonds. The number of thiophene rings is 1. The van der Waals surface area contributed by atoms with Gasteiger partial charge in [0.1, 0.15) is 10.7 Å². The molecule has 0 fully saturated rings. The summed E-state index contributed by atoms with van der Waals surface area (Å²) < 4.78 is 1.21. The monoisotopic (exact) mass is 340 g/mol. The zero-order chi connectivity index (χ0) is 17.1. The predicted octanol–water partition coefficient (Wildman–Crippen LogP) is 3.22. The zero-order valence-electron chi connectivity index (χ0n) is 12.6.